The predicted octanol–water partition coefficient (Wildman–Crippen LogP) is 6.03. The number of methoxy groups -OCH3 is 1. The fourth-order valence-electron chi connectivity index (χ4n) is 4.47. The van der Waals surface area contributed by atoms with E-state index in [-0.39, 0.29) is 23.9 Å². The second-order valence-corrected chi connectivity index (χ2v) is 9.58. The zero-order valence-corrected chi connectivity index (χ0v) is 22.9. The van der Waals surface area contributed by atoms with E-state index in [4.69, 9.17) is 18.9 Å². The minimum atomic E-state index is -0.334. The number of aromatic nitrogens is 2. The number of benzene rings is 4. The number of carbonyl (C=O) groups is 1. The van der Waals surface area contributed by atoms with Crippen molar-refractivity contribution in [1.29, 1.82) is 0 Å². The van der Waals surface area contributed by atoms with Crippen LogP contribution in [-0.4, -0.2) is 35.5 Å². The van der Waals surface area contributed by atoms with Crippen molar-refractivity contribution in [2.75, 3.05) is 19.0 Å². The van der Waals surface area contributed by atoms with Crippen LogP contribution in [0, 0.1) is 6.92 Å². The Labute approximate surface area is 240 Å². The Balaban J connectivity index is 1.27. The van der Waals surface area contributed by atoms with Crippen molar-refractivity contribution >= 4 is 39.7 Å². The highest BCUT2D eigenvalue weighted by Crippen LogP contribution is 2.29. The number of ether oxygens (including phenoxy) is 2. The van der Waals surface area contributed by atoms with Gasteiger partial charge in [-0.1, -0.05) is 48.0 Å². The first-order valence-corrected chi connectivity index (χ1v) is 13.2. The van der Waals surface area contributed by atoms with E-state index in [0.717, 1.165) is 10.9 Å². The second kappa shape index (κ2) is 11.4. The maximum Gasteiger partial charge on any atom is 0.282 e. The maximum absolute atomic E-state index is 13.5. The summed E-state index contributed by atoms with van der Waals surface area (Å²) in [5, 5.41) is 8.62. The molecule has 0 aliphatic rings. The summed E-state index contributed by atoms with van der Waals surface area (Å²) >= 11 is 0. The molecule has 6 rings (SSSR count). The van der Waals surface area contributed by atoms with Crippen molar-refractivity contribution in [3.8, 4) is 23.1 Å². The lowest BCUT2D eigenvalue weighted by Gasteiger charge is -2.12. The quantitative estimate of drug-likeness (QED) is 0.229. The Bertz CT molecular complexity index is 1980. The standard InChI is InChI=1S/C33H26N4O5/c1-21-11-14-24(15-12-21)35-31(38)20-41-28-16-13-22(17-29(28)40-2)19-34-37-32(30-18-23-7-3-6-10-27(23)42-30)36-26-9-5-4-8-25(26)33(37)39/h3-19H,20H2,1-2H3,(H,35,38). The Morgan fingerprint density at radius 2 is 1.76 bits per heavy atom. The van der Waals surface area contributed by atoms with Crippen LogP contribution < -0.4 is 20.3 Å². The molecule has 9 nitrogen and oxygen atoms in total. The number of fused-ring (bicyclic) bond motifs is 2. The molecule has 0 unspecified atom stereocenters. The Morgan fingerprint density at radius 1 is 0.976 bits per heavy atom. The lowest BCUT2D eigenvalue weighted by atomic mass is 10.2. The van der Waals surface area contributed by atoms with Crippen molar-refractivity contribution in [1.82, 2.24) is 9.66 Å². The van der Waals surface area contributed by atoms with Gasteiger partial charge in [0.25, 0.3) is 11.5 Å². The molecule has 2 heterocycles. The molecule has 0 fully saturated rings. The fraction of sp³-hybridized carbons (Fsp3) is 0.0909. The Hall–Kier alpha value is -5.70. The lowest BCUT2D eigenvalue weighted by molar-refractivity contribution is -0.118. The van der Waals surface area contributed by atoms with E-state index in [2.05, 4.69) is 10.4 Å². The predicted molar refractivity (Wildman–Crippen MR) is 163 cm³/mol. The summed E-state index contributed by atoms with van der Waals surface area (Å²) in [6, 6.07) is 29.1. The molecule has 42 heavy (non-hydrogen) atoms. The first-order valence-electron chi connectivity index (χ1n) is 13.2. The Morgan fingerprint density at radius 3 is 2.57 bits per heavy atom. The van der Waals surface area contributed by atoms with E-state index < -0.39 is 0 Å². The number of hydrogen-bond acceptors (Lipinski definition) is 7. The van der Waals surface area contributed by atoms with Gasteiger partial charge in [0, 0.05) is 11.1 Å². The fourth-order valence-corrected chi connectivity index (χ4v) is 4.47. The third-order valence-electron chi connectivity index (χ3n) is 6.60. The van der Waals surface area contributed by atoms with Crippen molar-refractivity contribution in [2.24, 2.45) is 5.10 Å². The molecule has 0 atom stereocenters. The van der Waals surface area contributed by atoms with E-state index in [0.29, 0.717) is 45.0 Å². The summed E-state index contributed by atoms with van der Waals surface area (Å²) in [7, 11) is 1.51. The number of rotatable bonds is 8. The van der Waals surface area contributed by atoms with Gasteiger partial charge in [-0.05, 0) is 67.1 Å². The molecule has 208 valence electrons. The molecule has 1 amide bonds. The van der Waals surface area contributed by atoms with Crippen LogP contribution in [0.3, 0.4) is 0 Å². The largest absolute Gasteiger partial charge is 0.493 e. The number of hydrogen-bond donors (Lipinski definition) is 1. The van der Waals surface area contributed by atoms with E-state index in [1.54, 1.807) is 36.4 Å². The van der Waals surface area contributed by atoms with Crippen LogP contribution in [0.15, 0.2) is 111 Å². The maximum atomic E-state index is 13.5. The zero-order chi connectivity index (χ0) is 29.1. The average molecular weight is 559 g/mol. The highest BCUT2D eigenvalue weighted by Gasteiger charge is 2.16. The van der Waals surface area contributed by atoms with E-state index >= 15 is 0 Å². The third kappa shape index (κ3) is 5.48. The molecule has 9 heteroatoms. The van der Waals surface area contributed by atoms with E-state index in [1.165, 1.54) is 18.0 Å². The van der Waals surface area contributed by atoms with Gasteiger partial charge in [0.1, 0.15) is 5.58 Å². The molecule has 0 aliphatic heterocycles. The normalized spacial score (nSPS) is 11.3. The van der Waals surface area contributed by atoms with Crippen molar-refractivity contribution in [3.05, 3.63) is 119 Å². The van der Waals surface area contributed by atoms with Crippen LogP contribution in [0.25, 0.3) is 33.5 Å². The summed E-state index contributed by atoms with van der Waals surface area (Å²) in [5.74, 6) is 1.19. The molecular weight excluding hydrogens is 532 g/mol. The van der Waals surface area contributed by atoms with Gasteiger partial charge < -0.3 is 19.2 Å². The summed E-state index contributed by atoms with van der Waals surface area (Å²) in [6.07, 6.45) is 1.53. The lowest BCUT2D eigenvalue weighted by Crippen LogP contribution is -2.20. The van der Waals surface area contributed by atoms with Gasteiger partial charge in [0.05, 0.1) is 24.2 Å². The van der Waals surface area contributed by atoms with Gasteiger partial charge in [0.2, 0.25) is 5.82 Å². The van der Waals surface area contributed by atoms with E-state index in [9.17, 15) is 9.59 Å². The summed E-state index contributed by atoms with van der Waals surface area (Å²) in [6.45, 7) is 1.78. The van der Waals surface area contributed by atoms with Gasteiger partial charge in [-0.25, -0.2) is 4.98 Å². The number of aryl methyl sites for hydroxylation is 1. The minimum Gasteiger partial charge on any atom is -0.493 e. The molecule has 1 N–H and O–H groups in total. The van der Waals surface area contributed by atoms with Crippen LogP contribution in [0.5, 0.6) is 11.5 Å². The molecule has 4 aromatic carbocycles. The minimum absolute atomic E-state index is 0.198. The highest BCUT2D eigenvalue weighted by molar-refractivity contribution is 5.92. The molecule has 0 saturated heterocycles. The van der Waals surface area contributed by atoms with Gasteiger partial charge in [-0.15, -0.1) is 0 Å². The number of nitrogens with zero attached hydrogens (tertiary/aromatic N) is 3. The first-order chi connectivity index (χ1) is 20.5. The van der Waals surface area contributed by atoms with Gasteiger partial charge in [-0.3, -0.25) is 9.59 Å². The SMILES string of the molecule is COc1cc(C=Nn2c(-c3cc4ccccc4o3)nc3ccccc3c2=O)ccc1OCC(=O)Nc1ccc(C)cc1. The van der Waals surface area contributed by atoms with Crippen molar-refractivity contribution in [3.63, 3.8) is 0 Å². The third-order valence-corrected chi connectivity index (χ3v) is 6.60. The molecule has 0 saturated carbocycles. The molecule has 0 spiro atoms. The zero-order valence-electron chi connectivity index (χ0n) is 22.9. The average Bonchev–Trinajstić information content (AvgIpc) is 3.45. The van der Waals surface area contributed by atoms with Gasteiger partial charge >= 0.3 is 0 Å². The molecule has 0 bridgehead atoms. The Kier molecular flexibility index (Phi) is 7.21. The number of carbonyl (C=O) groups excluding carboxylic acids is 1. The summed E-state index contributed by atoms with van der Waals surface area (Å²) in [5.41, 5.74) is 3.31. The van der Waals surface area contributed by atoms with Crippen LogP contribution in [0.4, 0.5) is 5.69 Å². The van der Waals surface area contributed by atoms with Crippen LogP contribution in [0.2, 0.25) is 0 Å². The number of para-hydroxylation sites is 2. The molecule has 0 aliphatic carbocycles. The van der Waals surface area contributed by atoms with Gasteiger partial charge in [0.15, 0.2) is 23.9 Å². The van der Waals surface area contributed by atoms with Crippen LogP contribution in [-0.2, 0) is 4.79 Å². The molecule has 0 radical (unpaired) electrons. The monoisotopic (exact) mass is 558 g/mol. The smallest absolute Gasteiger partial charge is 0.282 e. The molecular formula is C33H26N4O5. The topological polar surface area (TPSA) is 108 Å². The number of anilines is 1. The highest BCUT2D eigenvalue weighted by atomic mass is 16.5. The number of furan rings is 1. The van der Waals surface area contributed by atoms with Crippen LogP contribution >= 0.6 is 0 Å². The van der Waals surface area contributed by atoms with Crippen molar-refractivity contribution in [2.45, 2.75) is 6.92 Å². The molecule has 6 aromatic rings. The summed E-state index contributed by atoms with van der Waals surface area (Å²) < 4.78 is 18.5. The number of nitrogens with one attached hydrogen (secondary N) is 1. The van der Waals surface area contributed by atoms with E-state index in [1.807, 2.05) is 67.6 Å². The van der Waals surface area contributed by atoms with Crippen molar-refractivity contribution < 1.29 is 18.7 Å². The summed E-state index contributed by atoms with van der Waals surface area (Å²) in [4.78, 5) is 30.6. The van der Waals surface area contributed by atoms with Gasteiger partial charge in [-0.2, -0.15) is 9.78 Å². The molecule has 2 aromatic heterocycles. The second-order valence-electron chi connectivity index (χ2n) is 9.58. The van der Waals surface area contributed by atoms with Crippen LogP contribution in [0.1, 0.15) is 11.1 Å². The first kappa shape index (κ1) is 26.5. The number of amides is 1.